The number of esters is 1. The van der Waals surface area contributed by atoms with E-state index in [1.807, 2.05) is 42.5 Å². The van der Waals surface area contributed by atoms with Gasteiger partial charge in [0, 0.05) is 11.8 Å². The molecule has 1 atom stereocenters. The van der Waals surface area contributed by atoms with Gasteiger partial charge in [0.2, 0.25) is 0 Å². The van der Waals surface area contributed by atoms with Crippen molar-refractivity contribution < 1.29 is 23.8 Å². The van der Waals surface area contributed by atoms with Crippen LogP contribution in [0.4, 0.5) is 5.69 Å². The summed E-state index contributed by atoms with van der Waals surface area (Å²) in [5, 5.41) is 2.73. The molecule has 0 aliphatic heterocycles. The third kappa shape index (κ3) is 5.63. The molecule has 0 radical (unpaired) electrons. The molecule has 0 spiro atoms. The highest BCUT2D eigenvalue weighted by Crippen LogP contribution is 2.29. The van der Waals surface area contributed by atoms with Crippen molar-refractivity contribution in [2.75, 3.05) is 19.5 Å². The van der Waals surface area contributed by atoms with E-state index >= 15 is 0 Å². The molecule has 3 rings (SSSR count). The maximum Gasteiger partial charge on any atom is 0.339 e. The second-order valence-electron chi connectivity index (χ2n) is 6.93. The number of amides is 1. The van der Waals surface area contributed by atoms with Crippen LogP contribution >= 0.6 is 0 Å². The van der Waals surface area contributed by atoms with Gasteiger partial charge in [-0.15, -0.1) is 0 Å². The van der Waals surface area contributed by atoms with E-state index in [-0.39, 0.29) is 0 Å². The minimum atomic E-state index is -0.981. The molecule has 6 heteroatoms. The van der Waals surface area contributed by atoms with Gasteiger partial charge in [0.15, 0.2) is 17.6 Å². The highest BCUT2D eigenvalue weighted by molar-refractivity contribution is 5.98. The SMILES string of the molecule is COc1ccc(NC(=O)C(C)OC(=O)c2ccccc2Cc2ccccc2)cc1OC. The molecule has 31 heavy (non-hydrogen) atoms. The molecule has 3 aromatic rings. The lowest BCUT2D eigenvalue weighted by Gasteiger charge is -2.16. The number of ether oxygens (including phenoxy) is 3. The lowest BCUT2D eigenvalue weighted by Crippen LogP contribution is -2.30. The number of rotatable bonds is 8. The third-order valence-corrected chi connectivity index (χ3v) is 4.78. The first-order valence-electron chi connectivity index (χ1n) is 9.87. The summed E-state index contributed by atoms with van der Waals surface area (Å²) in [5.41, 5.74) is 2.88. The monoisotopic (exact) mass is 419 g/mol. The summed E-state index contributed by atoms with van der Waals surface area (Å²) >= 11 is 0. The number of methoxy groups -OCH3 is 2. The molecule has 0 saturated heterocycles. The largest absolute Gasteiger partial charge is 0.493 e. The summed E-state index contributed by atoms with van der Waals surface area (Å²) in [4.78, 5) is 25.3. The zero-order chi connectivity index (χ0) is 22.2. The van der Waals surface area contributed by atoms with Gasteiger partial charge in [-0.1, -0.05) is 48.5 Å². The molecular weight excluding hydrogens is 394 g/mol. The number of carbonyl (C=O) groups is 2. The molecular formula is C25H25NO5. The number of nitrogens with one attached hydrogen (secondary N) is 1. The molecule has 1 amide bonds. The molecule has 6 nitrogen and oxygen atoms in total. The van der Waals surface area contributed by atoms with Gasteiger partial charge in [0.1, 0.15) is 0 Å². The zero-order valence-corrected chi connectivity index (χ0v) is 17.8. The Bertz CT molecular complexity index is 1050. The lowest BCUT2D eigenvalue weighted by atomic mass is 10.00. The summed E-state index contributed by atoms with van der Waals surface area (Å²) < 4.78 is 15.9. The molecule has 0 bridgehead atoms. The van der Waals surface area contributed by atoms with Crippen molar-refractivity contribution in [3.63, 3.8) is 0 Å². The third-order valence-electron chi connectivity index (χ3n) is 4.78. The number of anilines is 1. The summed E-state index contributed by atoms with van der Waals surface area (Å²) in [7, 11) is 3.05. The predicted octanol–water partition coefficient (Wildman–Crippen LogP) is 4.48. The second-order valence-corrected chi connectivity index (χ2v) is 6.93. The van der Waals surface area contributed by atoms with Crippen LogP contribution in [0, 0.1) is 0 Å². The van der Waals surface area contributed by atoms with Crippen molar-refractivity contribution in [2.45, 2.75) is 19.4 Å². The van der Waals surface area contributed by atoms with Gasteiger partial charge in [-0.3, -0.25) is 4.79 Å². The van der Waals surface area contributed by atoms with Gasteiger partial charge in [-0.05, 0) is 42.7 Å². The maximum absolute atomic E-state index is 12.8. The van der Waals surface area contributed by atoms with Crippen molar-refractivity contribution in [3.05, 3.63) is 89.5 Å². The highest BCUT2D eigenvalue weighted by atomic mass is 16.5. The fraction of sp³-hybridized carbons (Fsp3) is 0.200. The fourth-order valence-electron chi connectivity index (χ4n) is 3.12. The van der Waals surface area contributed by atoms with Crippen molar-refractivity contribution in [2.24, 2.45) is 0 Å². The molecule has 1 unspecified atom stereocenters. The number of carbonyl (C=O) groups excluding carboxylic acids is 2. The fourth-order valence-corrected chi connectivity index (χ4v) is 3.12. The van der Waals surface area contributed by atoms with Gasteiger partial charge < -0.3 is 19.5 Å². The van der Waals surface area contributed by atoms with E-state index in [1.54, 1.807) is 30.3 Å². The van der Waals surface area contributed by atoms with Gasteiger partial charge in [-0.2, -0.15) is 0 Å². The van der Waals surface area contributed by atoms with E-state index in [4.69, 9.17) is 14.2 Å². The van der Waals surface area contributed by atoms with Crippen LogP contribution in [0.1, 0.15) is 28.4 Å². The highest BCUT2D eigenvalue weighted by Gasteiger charge is 2.21. The smallest absolute Gasteiger partial charge is 0.339 e. The molecule has 0 saturated carbocycles. The summed E-state index contributed by atoms with van der Waals surface area (Å²) in [6.45, 7) is 1.54. The molecule has 0 aromatic heterocycles. The van der Waals surface area contributed by atoms with Crippen molar-refractivity contribution >= 4 is 17.6 Å². The van der Waals surface area contributed by atoms with Crippen LogP contribution in [0.3, 0.4) is 0 Å². The first-order chi connectivity index (χ1) is 15.0. The number of benzene rings is 3. The minimum absolute atomic E-state index is 0.442. The Morgan fingerprint density at radius 2 is 1.55 bits per heavy atom. The predicted molar refractivity (Wildman–Crippen MR) is 119 cm³/mol. The van der Waals surface area contributed by atoms with E-state index in [0.717, 1.165) is 11.1 Å². The van der Waals surface area contributed by atoms with Gasteiger partial charge in [-0.25, -0.2) is 4.79 Å². The Kier molecular flexibility index (Phi) is 7.27. The second kappa shape index (κ2) is 10.3. The van der Waals surface area contributed by atoms with Crippen LogP contribution in [-0.2, 0) is 16.0 Å². The van der Waals surface area contributed by atoms with Crippen LogP contribution in [0.2, 0.25) is 0 Å². The molecule has 160 valence electrons. The van der Waals surface area contributed by atoms with E-state index in [2.05, 4.69) is 5.32 Å². The number of hydrogen-bond acceptors (Lipinski definition) is 5. The van der Waals surface area contributed by atoms with E-state index in [1.165, 1.54) is 21.1 Å². The lowest BCUT2D eigenvalue weighted by molar-refractivity contribution is -0.123. The van der Waals surface area contributed by atoms with E-state index in [9.17, 15) is 9.59 Å². The quantitative estimate of drug-likeness (QED) is 0.545. The standard InChI is InChI=1S/C25H25NO5/c1-17(24(27)26-20-13-14-22(29-2)23(16-20)30-3)31-25(28)21-12-8-7-11-19(21)15-18-9-5-4-6-10-18/h4-14,16-17H,15H2,1-3H3,(H,26,27). The average molecular weight is 419 g/mol. The Morgan fingerprint density at radius 3 is 2.26 bits per heavy atom. The van der Waals surface area contributed by atoms with Gasteiger partial charge in [0.05, 0.1) is 19.8 Å². The minimum Gasteiger partial charge on any atom is -0.493 e. The summed E-state index contributed by atoms with van der Waals surface area (Å²) in [6, 6.07) is 22.1. The Hall–Kier alpha value is -3.80. The maximum atomic E-state index is 12.8. The van der Waals surface area contributed by atoms with E-state index in [0.29, 0.717) is 29.2 Å². The van der Waals surface area contributed by atoms with Crippen LogP contribution in [0.5, 0.6) is 11.5 Å². The number of hydrogen-bond donors (Lipinski definition) is 1. The van der Waals surface area contributed by atoms with Crippen molar-refractivity contribution in [3.8, 4) is 11.5 Å². The Labute approximate surface area is 181 Å². The van der Waals surface area contributed by atoms with Crippen molar-refractivity contribution in [1.82, 2.24) is 0 Å². The molecule has 3 aromatic carbocycles. The average Bonchev–Trinajstić information content (AvgIpc) is 2.79. The molecule has 0 aliphatic rings. The molecule has 0 fully saturated rings. The van der Waals surface area contributed by atoms with Crippen LogP contribution < -0.4 is 14.8 Å². The Balaban J connectivity index is 1.67. The normalized spacial score (nSPS) is 11.3. The van der Waals surface area contributed by atoms with E-state index < -0.39 is 18.0 Å². The van der Waals surface area contributed by atoms with Gasteiger partial charge >= 0.3 is 5.97 Å². The zero-order valence-electron chi connectivity index (χ0n) is 17.8. The van der Waals surface area contributed by atoms with Crippen LogP contribution in [0.25, 0.3) is 0 Å². The topological polar surface area (TPSA) is 73.9 Å². The first-order valence-corrected chi connectivity index (χ1v) is 9.87. The Morgan fingerprint density at radius 1 is 0.871 bits per heavy atom. The molecule has 0 heterocycles. The summed E-state index contributed by atoms with van der Waals surface area (Å²) in [5.74, 6) is 0.0531. The van der Waals surface area contributed by atoms with Crippen LogP contribution in [-0.4, -0.2) is 32.2 Å². The molecule has 0 aliphatic carbocycles. The first kappa shape index (κ1) is 21.9. The van der Waals surface area contributed by atoms with Crippen molar-refractivity contribution in [1.29, 1.82) is 0 Å². The molecule has 1 N–H and O–H groups in total. The van der Waals surface area contributed by atoms with Crippen LogP contribution in [0.15, 0.2) is 72.8 Å². The van der Waals surface area contributed by atoms with Gasteiger partial charge in [0.25, 0.3) is 5.91 Å². The summed E-state index contributed by atoms with van der Waals surface area (Å²) in [6.07, 6.45) is -0.386.